The van der Waals surface area contributed by atoms with Crippen LogP contribution >= 0.6 is 27.3 Å². The molecular formula is C12H10BrN5O3S2. The number of amides is 1. The molecule has 0 saturated heterocycles. The maximum atomic E-state index is 12.3. The lowest BCUT2D eigenvalue weighted by molar-refractivity contribution is 0.0980. The van der Waals surface area contributed by atoms with Crippen molar-refractivity contribution in [3.63, 3.8) is 0 Å². The van der Waals surface area contributed by atoms with Gasteiger partial charge in [0.15, 0.2) is 5.65 Å². The van der Waals surface area contributed by atoms with Crippen LogP contribution in [0.2, 0.25) is 0 Å². The SMILES string of the molecule is Cc1c(C(=O)NS(=O)(=O)Cc2ncsc2Br)cnc2ccnn12. The number of nitrogens with one attached hydrogen (secondary N) is 1. The Kier molecular flexibility index (Phi) is 4.17. The first-order valence-corrected chi connectivity index (χ1v) is 9.62. The van der Waals surface area contributed by atoms with E-state index in [2.05, 4.69) is 31.0 Å². The molecule has 0 aliphatic rings. The second-order valence-corrected chi connectivity index (χ2v) is 8.52. The van der Waals surface area contributed by atoms with Crippen LogP contribution in [0.15, 0.2) is 27.8 Å². The summed E-state index contributed by atoms with van der Waals surface area (Å²) < 4.78 is 28.4. The van der Waals surface area contributed by atoms with Gasteiger partial charge in [-0.25, -0.2) is 27.6 Å². The van der Waals surface area contributed by atoms with Gasteiger partial charge in [-0.05, 0) is 22.9 Å². The molecule has 1 amide bonds. The Bertz CT molecular complexity index is 995. The van der Waals surface area contributed by atoms with E-state index >= 15 is 0 Å². The summed E-state index contributed by atoms with van der Waals surface area (Å²) in [5.41, 5.74) is 3.10. The molecule has 3 rings (SSSR count). The number of halogens is 1. The fourth-order valence-corrected chi connectivity index (χ4v) is 4.32. The highest BCUT2D eigenvalue weighted by Gasteiger charge is 2.21. The average molecular weight is 416 g/mol. The molecule has 0 spiro atoms. The molecule has 0 radical (unpaired) electrons. The van der Waals surface area contributed by atoms with E-state index < -0.39 is 15.9 Å². The molecule has 120 valence electrons. The smallest absolute Gasteiger partial charge is 0.268 e. The molecule has 0 bridgehead atoms. The van der Waals surface area contributed by atoms with E-state index in [9.17, 15) is 13.2 Å². The molecule has 0 unspecified atom stereocenters. The van der Waals surface area contributed by atoms with E-state index in [0.717, 1.165) is 0 Å². The number of carbonyl (C=O) groups is 1. The number of sulfonamides is 1. The lowest BCUT2D eigenvalue weighted by Gasteiger charge is -2.09. The number of carbonyl (C=O) groups excluding carboxylic acids is 1. The van der Waals surface area contributed by atoms with Crippen molar-refractivity contribution in [3.05, 3.63) is 44.7 Å². The van der Waals surface area contributed by atoms with Crippen LogP contribution in [0.25, 0.3) is 5.65 Å². The molecule has 3 aromatic rings. The van der Waals surface area contributed by atoms with Crippen molar-refractivity contribution >= 4 is 48.8 Å². The van der Waals surface area contributed by atoms with Crippen LogP contribution < -0.4 is 4.72 Å². The van der Waals surface area contributed by atoms with Crippen molar-refractivity contribution in [2.24, 2.45) is 0 Å². The molecule has 11 heteroatoms. The predicted molar refractivity (Wildman–Crippen MR) is 87.6 cm³/mol. The topological polar surface area (TPSA) is 106 Å². The Balaban J connectivity index is 1.85. The molecule has 23 heavy (non-hydrogen) atoms. The molecule has 0 aromatic carbocycles. The summed E-state index contributed by atoms with van der Waals surface area (Å²) in [6, 6.07) is 1.69. The van der Waals surface area contributed by atoms with Gasteiger partial charge in [-0.1, -0.05) is 0 Å². The van der Waals surface area contributed by atoms with Gasteiger partial charge in [0, 0.05) is 12.3 Å². The summed E-state index contributed by atoms with van der Waals surface area (Å²) in [5.74, 6) is -1.14. The van der Waals surface area contributed by atoms with Crippen molar-refractivity contribution in [1.82, 2.24) is 24.3 Å². The zero-order chi connectivity index (χ0) is 16.6. The Morgan fingerprint density at radius 1 is 1.43 bits per heavy atom. The molecule has 0 aliphatic heterocycles. The third kappa shape index (κ3) is 3.26. The van der Waals surface area contributed by atoms with Gasteiger partial charge in [0.25, 0.3) is 5.91 Å². The summed E-state index contributed by atoms with van der Waals surface area (Å²) in [5, 5.41) is 4.04. The zero-order valence-electron chi connectivity index (χ0n) is 11.7. The van der Waals surface area contributed by atoms with Crippen molar-refractivity contribution in [2.45, 2.75) is 12.7 Å². The van der Waals surface area contributed by atoms with Gasteiger partial charge in [0.05, 0.1) is 32.4 Å². The molecule has 3 heterocycles. The first kappa shape index (κ1) is 16.0. The van der Waals surface area contributed by atoms with Gasteiger partial charge in [-0.2, -0.15) is 5.10 Å². The monoisotopic (exact) mass is 415 g/mol. The van der Waals surface area contributed by atoms with Crippen LogP contribution in [0.5, 0.6) is 0 Å². The van der Waals surface area contributed by atoms with Gasteiger partial charge in [-0.15, -0.1) is 11.3 Å². The van der Waals surface area contributed by atoms with Gasteiger partial charge < -0.3 is 0 Å². The zero-order valence-corrected chi connectivity index (χ0v) is 14.9. The van der Waals surface area contributed by atoms with E-state index in [1.54, 1.807) is 19.2 Å². The number of hydrogen-bond acceptors (Lipinski definition) is 7. The lowest BCUT2D eigenvalue weighted by atomic mass is 10.2. The average Bonchev–Trinajstić information content (AvgIpc) is 3.08. The number of aromatic nitrogens is 4. The summed E-state index contributed by atoms with van der Waals surface area (Å²) in [6.45, 7) is 1.67. The highest BCUT2D eigenvalue weighted by molar-refractivity contribution is 9.11. The van der Waals surface area contributed by atoms with Crippen LogP contribution in [0.3, 0.4) is 0 Å². The van der Waals surface area contributed by atoms with Gasteiger partial charge >= 0.3 is 0 Å². The van der Waals surface area contributed by atoms with Crippen molar-refractivity contribution in [1.29, 1.82) is 0 Å². The Labute approximate surface area is 143 Å². The molecule has 0 saturated carbocycles. The van der Waals surface area contributed by atoms with Gasteiger partial charge in [-0.3, -0.25) is 4.79 Å². The molecule has 0 fully saturated rings. The van der Waals surface area contributed by atoms with Crippen molar-refractivity contribution < 1.29 is 13.2 Å². The fourth-order valence-electron chi connectivity index (χ4n) is 1.98. The molecule has 3 aromatic heterocycles. The van der Waals surface area contributed by atoms with Crippen molar-refractivity contribution in [3.8, 4) is 0 Å². The molecule has 1 N–H and O–H groups in total. The minimum absolute atomic E-state index is 0.141. The van der Waals surface area contributed by atoms with Crippen LogP contribution in [-0.4, -0.2) is 33.9 Å². The third-order valence-electron chi connectivity index (χ3n) is 3.07. The normalized spacial score (nSPS) is 11.7. The van der Waals surface area contributed by atoms with Crippen LogP contribution in [0.4, 0.5) is 0 Å². The van der Waals surface area contributed by atoms with E-state index in [-0.39, 0.29) is 11.3 Å². The third-order valence-corrected chi connectivity index (χ3v) is 5.89. The second-order valence-electron chi connectivity index (χ2n) is 4.62. The first-order valence-electron chi connectivity index (χ1n) is 6.29. The van der Waals surface area contributed by atoms with Crippen LogP contribution in [-0.2, 0) is 15.8 Å². The molecular weight excluding hydrogens is 406 g/mol. The fraction of sp³-hybridized carbons (Fsp3) is 0.167. The minimum atomic E-state index is -3.87. The van der Waals surface area contributed by atoms with E-state index in [0.29, 0.717) is 20.8 Å². The summed E-state index contributed by atoms with van der Waals surface area (Å²) in [7, 11) is -3.87. The largest absolute Gasteiger partial charge is 0.268 e. The highest BCUT2D eigenvalue weighted by Crippen LogP contribution is 2.22. The molecule has 0 aliphatic carbocycles. The van der Waals surface area contributed by atoms with Crippen molar-refractivity contribution in [2.75, 3.05) is 0 Å². The summed E-state index contributed by atoms with van der Waals surface area (Å²) in [6.07, 6.45) is 2.88. The number of hydrogen-bond donors (Lipinski definition) is 1. The number of thiazole rings is 1. The molecule has 0 atom stereocenters. The quantitative estimate of drug-likeness (QED) is 0.691. The van der Waals surface area contributed by atoms with E-state index in [1.165, 1.54) is 27.6 Å². The standard InChI is InChI=1S/C12H10BrN5O3S2/c1-7-8(4-14-10-2-3-16-18(7)10)12(19)17-23(20,21)5-9-11(13)22-6-15-9/h2-4,6H,5H2,1H3,(H,17,19). The summed E-state index contributed by atoms with van der Waals surface area (Å²) >= 11 is 4.49. The van der Waals surface area contributed by atoms with Gasteiger partial charge in [0.1, 0.15) is 5.75 Å². The second kappa shape index (κ2) is 5.98. The number of rotatable bonds is 4. The Morgan fingerprint density at radius 3 is 2.91 bits per heavy atom. The van der Waals surface area contributed by atoms with Crippen LogP contribution in [0.1, 0.15) is 21.7 Å². The van der Waals surface area contributed by atoms with E-state index in [4.69, 9.17) is 0 Å². The van der Waals surface area contributed by atoms with Gasteiger partial charge in [0.2, 0.25) is 10.0 Å². The number of fused-ring (bicyclic) bond motifs is 1. The lowest BCUT2D eigenvalue weighted by Crippen LogP contribution is -2.32. The Morgan fingerprint density at radius 2 is 2.22 bits per heavy atom. The number of nitrogens with zero attached hydrogens (tertiary/aromatic N) is 4. The highest BCUT2D eigenvalue weighted by atomic mass is 79.9. The van der Waals surface area contributed by atoms with Crippen LogP contribution in [0, 0.1) is 6.92 Å². The Hall–Kier alpha value is -1.85. The minimum Gasteiger partial charge on any atom is -0.268 e. The summed E-state index contributed by atoms with van der Waals surface area (Å²) in [4.78, 5) is 20.3. The predicted octanol–water partition coefficient (Wildman–Crippen LogP) is 1.52. The maximum absolute atomic E-state index is 12.3. The first-order chi connectivity index (χ1) is 10.9. The van der Waals surface area contributed by atoms with E-state index in [1.807, 2.05) is 4.72 Å². The molecule has 8 nitrogen and oxygen atoms in total. The maximum Gasteiger partial charge on any atom is 0.268 e. The number of aryl methyl sites for hydroxylation is 1.